The van der Waals surface area contributed by atoms with Crippen molar-refractivity contribution < 1.29 is 19.0 Å². The Morgan fingerprint density at radius 1 is 1.22 bits per heavy atom. The molecular weight excluding hydrogens is 294 g/mol. The normalized spacial score (nSPS) is 10.3. The number of aryl methyl sites for hydroxylation is 1. The molecule has 5 heteroatoms. The van der Waals surface area contributed by atoms with Crippen molar-refractivity contribution in [3.63, 3.8) is 0 Å². The maximum absolute atomic E-state index is 12.0. The van der Waals surface area contributed by atoms with Crippen LogP contribution in [0.15, 0.2) is 30.6 Å². The zero-order valence-electron chi connectivity index (χ0n) is 13.9. The molecule has 0 amide bonds. The summed E-state index contributed by atoms with van der Waals surface area (Å²) in [4.78, 5) is 16.0. The van der Waals surface area contributed by atoms with E-state index in [1.165, 1.54) is 0 Å². The highest BCUT2D eigenvalue weighted by molar-refractivity contribution is 5.72. The second-order valence-electron chi connectivity index (χ2n) is 5.23. The van der Waals surface area contributed by atoms with E-state index in [1.54, 1.807) is 32.7 Å². The van der Waals surface area contributed by atoms with E-state index >= 15 is 0 Å². The van der Waals surface area contributed by atoms with Gasteiger partial charge < -0.3 is 14.2 Å². The van der Waals surface area contributed by atoms with Crippen LogP contribution in [0.1, 0.15) is 22.3 Å². The van der Waals surface area contributed by atoms with Gasteiger partial charge in [-0.05, 0) is 37.1 Å². The van der Waals surface area contributed by atoms with Crippen LogP contribution in [-0.2, 0) is 22.6 Å². The topological polar surface area (TPSA) is 57.7 Å². The van der Waals surface area contributed by atoms with Gasteiger partial charge in [-0.2, -0.15) is 0 Å². The molecule has 1 heterocycles. The van der Waals surface area contributed by atoms with Gasteiger partial charge in [-0.25, -0.2) is 0 Å². The van der Waals surface area contributed by atoms with E-state index in [4.69, 9.17) is 14.2 Å². The first kappa shape index (κ1) is 16.8. The first-order valence-corrected chi connectivity index (χ1v) is 7.32. The summed E-state index contributed by atoms with van der Waals surface area (Å²) in [5, 5.41) is 0. The molecule has 0 bridgehead atoms. The van der Waals surface area contributed by atoms with Gasteiger partial charge >= 0.3 is 5.97 Å². The van der Waals surface area contributed by atoms with Crippen LogP contribution in [0.5, 0.6) is 11.5 Å². The molecule has 0 spiro atoms. The van der Waals surface area contributed by atoms with Gasteiger partial charge in [0.1, 0.15) is 18.1 Å². The first-order valence-electron chi connectivity index (χ1n) is 7.32. The second kappa shape index (κ2) is 7.63. The SMILES string of the molecule is COc1cc(C)c(OC)c(C)c1COC(=O)Cc1cccnc1. The molecule has 0 unspecified atom stereocenters. The summed E-state index contributed by atoms with van der Waals surface area (Å²) in [6.07, 6.45) is 3.52. The van der Waals surface area contributed by atoms with Crippen molar-refractivity contribution in [3.8, 4) is 11.5 Å². The molecule has 2 aromatic rings. The fourth-order valence-corrected chi connectivity index (χ4v) is 2.52. The number of ether oxygens (including phenoxy) is 3. The van der Waals surface area contributed by atoms with Crippen molar-refractivity contribution in [1.82, 2.24) is 4.98 Å². The summed E-state index contributed by atoms with van der Waals surface area (Å²) >= 11 is 0. The molecule has 1 aromatic heterocycles. The third-order valence-electron chi connectivity index (χ3n) is 3.67. The Morgan fingerprint density at radius 2 is 2.00 bits per heavy atom. The average Bonchev–Trinajstić information content (AvgIpc) is 2.54. The van der Waals surface area contributed by atoms with Gasteiger partial charge in [0.05, 0.1) is 20.6 Å². The largest absolute Gasteiger partial charge is 0.496 e. The predicted octanol–water partition coefficient (Wildman–Crippen LogP) is 3.00. The van der Waals surface area contributed by atoms with E-state index in [1.807, 2.05) is 26.0 Å². The van der Waals surface area contributed by atoms with Crippen molar-refractivity contribution in [2.45, 2.75) is 26.9 Å². The lowest BCUT2D eigenvalue weighted by Crippen LogP contribution is -2.10. The Morgan fingerprint density at radius 3 is 2.61 bits per heavy atom. The zero-order chi connectivity index (χ0) is 16.8. The van der Waals surface area contributed by atoms with E-state index in [2.05, 4.69) is 4.98 Å². The van der Waals surface area contributed by atoms with Crippen molar-refractivity contribution in [3.05, 3.63) is 52.8 Å². The summed E-state index contributed by atoms with van der Waals surface area (Å²) < 4.78 is 16.2. The van der Waals surface area contributed by atoms with Crippen LogP contribution in [0.25, 0.3) is 0 Å². The number of esters is 1. The standard InChI is InChI=1S/C18H21NO4/c1-12-8-16(21-3)15(13(2)18(12)22-4)11-23-17(20)9-14-6-5-7-19-10-14/h5-8,10H,9,11H2,1-4H3. The predicted molar refractivity (Wildman–Crippen MR) is 86.8 cm³/mol. The molecular formula is C18H21NO4. The molecule has 0 saturated heterocycles. The lowest BCUT2D eigenvalue weighted by Gasteiger charge is -2.17. The number of carbonyl (C=O) groups excluding carboxylic acids is 1. The fourth-order valence-electron chi connectivity index (χ4n) is 2.52. The molecule has 0 aliphatic rings. The van der Waals surface area contributed by atoms with Crippen LogP contribution in [0.4, 0.5) is 0 Å². The van der Waals surface area contributed by atoms with Crippen molar-refractivity contribution in [2.75, 3.05) is 14.2 Å². The van der Waals surface area contributed by atoms with E-state index in [9.17, 15) is 4.79 Å². The lowest BCUT2D eigenvalue weighted by molar-refractivity contribution is -0.144. The Kier molecular flexibility index (Phi) is 5.57. The highest BCUT2D eigenvalue weighted by Crippen LogP contribution is 2.33. The Hall–Kier alpha value is -2.56. The molecule has 0 radical (unpaired) electrons. The quantitative estimate of drug-likeness (QED) is 0.767. The number of aromatic nitrogens is 1. The number of hydrogen-bond donors (Lipinski definition) is 0. The maximum atomic E-state index is 12.0. The smallest absolute Gasteiger partial charge is 0.310 e. The van der Waals surface area contributed by atoms with Gasteiger partial charge in [-0.3, -0.25) is 9.78 Å². The molecule has 0 aliphatic heterocycles. The number of carbonyl (C=O) groups is 1. The molecule has 2 rings (SSSR count). The molecule has 1 aromatic carbocycles. The summed E-state index contributed by atoms with van der Waals surface area (Å²) in [5.74, 6) is 1.16. The molecule has 0 saturated carbocycles. The lowest BCUT2D eigenvalue weighted by atomic mass is 10.0. The molecule has 122 valence electrons. The average molecular weight is 315 g/mol. The fraction of sp³-hybridized carbons (Fsp3) is 0.333. The highest BCUT2D eigenvalue weighted by atomic mass is 16.5. The van der Waals surface area contributed by atoms with Crippen molar-refractivity contribution in [2.24, 2.45) is 0 Å². The van der Waals surface area contributed by atoms with Crippen molar-refractivity contribution >= 4 is 5.97 Å². The van der Waals surface area contributed by atoms with Gasteiger partial charge in [-0.15, -0.1) is 0 Å². The van der Waals surface area contributed by atoms with E-state index < -0.39 is 0 Å². The monoisotopic (exact) mass is 315 g/mol. The minimum atomic E-state index is -0.306. The molecule has 5 nitrogen and oxygen atoms in total. The van der Waals surface area contributed by atoms with Gasteiger partial charge in [-0.1, -0.05) is 6.07 Å². The number of pyridine rings is 1. The third kappa shape index (κ3) is 4.00. The van der Waals surface area contributed by atoms with Crippen LogP contribution in [-0.4, -0.2) is 25.2 Å². The van der Waals surface area contributed by atoms with Crippen molar-refractivity contribution in [1.29, 1.82) is 0 Å². The van der Waals surface area contributed by atoms with E-state index in [0.29, 0.717) is 5.75 Å². The first-order chi connectivity index (χ1) is 11.1. The number of methoxy groups -OCH3 is 2. The second-order valence-corrected chi connectivity index (χ2v) is 5.23. The third-order valence-corrected chi connectivity index (χ3v) is 3.67. The summed E-state index contributed by atoms with van der Waals surface area (Å²) in [7, 11) is 3.22. The van der Waals surface area contributed by atoms with Gasteiger partial charge in [0, 0.05) is 23.5 Å². The zero-order valence-corrected chi connectivity index (χ0v) is 13.9. The molecule has 0 atom stereocenters. The van der Waals surface area contributed by atoms with Crippen LogP contribution in [0.3, 0.4) is 0 Å². The Labute approximate surface area is 136 Å². The Balaban J connectivity index is 2.12. The van der Waals surface area contributed by atoms with Crippen LogP contribution >= 0.6 is 0 Å². The Bertz CT molecular complexity index is 683. The molecule has 0 aliphatic carbocycles. The number of nitrogens with zero attached hydrogens (tertiary/aromatic N) is 1. The minimum Gasteiger partial charge on any atom is -0.496 e. The van der Waals surface area contributed by atoms with Gasteiger partial charge in [0.15, 0.2) is 0 Å². The summed E-state index contributed by atoms with van der Waals surface area (Å²) in [5.41, 5.74) is 3.53. The van der Waals surface area contributed by atoms with Crippen LogP contribution in [0.2, 0.25) is 0 Å². The van der Waals surface area contributed by atoms with E-state index in [0.717, 1.165) is 28.0 Å². The summed E-state index contributed by atoms with van der Waals surface area (Å²) in [6, 6.07) is 5.52. The molecule has 0 N–H and O–H groups in total. The number of rotatable bonds is 6. The van der Waals surface area contributed by atoms with E-state index in [-0.39, 0.29) is 19.0 Å². The van der Waals surface area contributed by atoms with Crippen LogP contribution < -0.4 is 9.47 Å². The van der Waals surface area contributed by atoms with Crippen LogP contribution in [0, 0.1) is 13.8 Å². The maximum Gasteiger partial charge on any atom is 0.310 e. The number of benzene rings is 1. The molecule has 0 fully saturated rings. The summed E-state index contributed by atoms with van der Waals surface area (Å²) in [6.45, 7) is 4.02. The number of hydrogen-bond acceptors (Lipinski definition) is 5. The minimum absolute atomic E-state index is 0.144. The highest BCUT2D eigenvalue weighted by Gasteiger charge is 2.16. The van der Waals surface area contributed by atoms with Gasteiger partial charge in [0.2, 0.25) is 0 Å². The van der Waals surface area contributed by atoms with Gasteiger partial charge in [0.25, 0.3) is 0 Å². The molecule has 23 heavy (non-hydrogen) atoms.